The highest BCUT2D eigenvalue weighted by atomic mass is 16.4. The highest BCUT2D eigenvalue weighted by Gasteiger charge is 2.21. The fourth-order valence-corrected chi connectivity index (χ4v) is 2.12. The van der Waals surface area contributed by atoms with Crippen molar-refractivity contribution >= 4 is 5.91 Å². The topological polar surface area (TPSA) is 55.1 Å². The summed E-state index contributed by atoms with van der Waals surface area (Å²) >= 11 is 0. The summed E-state index contributed by atoms with van der Waals surface area (Å²) in [6, 6.07) is 9.25. The lowest BCUT2D eigenvalue weighted by Crippen LogP contribution is -2.24. The second-order valence-electron chi connectivity index (χ2n) is 6.50. The maximum absolute atomic E-state index is 11.9. The van der Waals surface area contributed by atoms with E-state index in [9.17, 15) is 4.79 Å². The number of aryl methyl sites for hydroxylation is 2. The molecule has 118 valence electrons. The van der Waals surface area contributed by atoms with E-state index >= 15 is 0 Å². The van der Waals surface area contributed by atoms with Crippen molar-refractivity contribution in [3.63, 3.8) is 0 Å². The van der Waals surface area contributed by atoms with Crippen molar-refractivity contribution in [3.05, 3.63) is 53.2 Å². The zero-order valence-corrected chi connectivity index (χ0v) is 13.8. The Morgan fingerprint density at radius 3 is 2.50 bits per heavy atom. The van der Waals surface area contributed by atoms with Gasteiger partial charge in [0, 0.05) is 23.9 Å². The van der Waals surface area contributed by atoms with Gasteiger partial charge in [-0.3, -0.25) is 4.79 Å². The van der Waals surface area contributed by atoms with Gasteiger partial charge in [0.1, 0.15) is 5.76 Å². The van der Waals surface area contributed by atoms with Gasteiger partial charge in [-0.25, -0.2) is 4.98 Å². The SMILES string of the molecule is Cc1nc(C(C)(C)C)oc1CCCNC(=O)c1ccccc1. The Kier molecular flexibility index (Phi) is 5.01. The van der Waals surface area contributed by atoms with E-state index in [1.165, 1.54) is 0 Å². The fraction of sp³-hybridized carbons (Fsp3) is 0.444. The minimum absolute atomic E-state index is 0.0368. The van der Waals surface area contributed by atoms with E-state index in [0.29, 0.717) is 12.1 Å². The first kappa shape index (κ1) is 16.3. The van der Waals surface area contributed by atoms with E-state index in [1.54, 1.807) is 0 Å². The van der Waals surface area contributed by atoms with Gasteiger partial charge in [-0.1, -0.05) is 39.0 Å². The van der Waals surface area contributed by atoms with Gasteiger partial charge in [0.05, 0.1) is 5.69 Å². The Morgan fingerprint density at radius 1 is 1.23 bits per heavy atom. The summed E-state index contributed by atoms with van der Waals surface area (Å²) in [4.78, 5) is 16.4. The van der Waals surface area contributed by atoms with E-state index in [0.717, 1.165) is 30.2 Å². The molecule has 0 bridgehead atoms. The molecular formula is C18H24N2O2. The molecule has 22 heavy (non-hydrogen) atoms. The van der Waals surface area contributed by atoms with Crippen molar-refractivity contribution in [1.82, 2.24) is 10.3 Å². The minimum atomic E-state index is -0.0788. The molecule has 4 heteroatoms. The lowest BCUT2D eigenvalue weighted by molar-refractivity contribution is 0.0953. The number of hydrogen-bond donors (Lipinski definition) is 1. The maximum Gasteiger partial charge on any atom is 0.251 e. The molecule has 2 rings (SSSR count). The van der Waals surface area contributed by atoms with Crippen molar-refractivity contribution in [2.24, 2.45) is 0 Å². The Balaban J connectivity index is 1.82. The van der Waals surface area contributed by atoms with Crippen molar-refractivity contribution in [2.45, 2.75) is 46.0 Å². The Bertz CT molecular complexity index is 624. The van der Waals surface area contributed by atoms with Crippen molar-refractivity contribution < 1.29 is 9.21 Å². The number of rotatable bonds is 5. The standard InChI is InChI=1S/C18H24N2O2/c1-13-15(22-17(20-13)18(2,3)4)11-8-12-19-16(21)14-9-6-5-7-10-14/h5-7,9-10H,8,11-12H2,1-4H3,(H,19,21). The van der Waals surface area contributed by atoms with Crippen LogP contribution in [0.1, 0.15) is 54.9 Å². The summed E-state index contributed by atoms with van der Waals surface area (Å²) in [6.45, 7) is 8.85. The van der Waals surface area contributed by atoms with Crippen LogP contribution in [0.4, 0.5) is 0 Å². The number of carbonyl (C=O) groups excluding carboxylic acids is 1. The molecule has 1 aromatic heterocycles. The van der Waals surface area contributed by atoms with Gasteiger partial charge in [0.2, 0.25) is 0 Å². The summed E-state index contributed by atoms with van der Waals surface area (Å²) in [5.74, 6) is 1.65. The number of nitrogens with zero attached hydrogens (tertiary/aromatic N) is 1. The maximum atomic E-state index is 11.9. The van der Waals surface area contributed by atoms with Crippen molar-refractivity contribution in [1.29, 1.82) is 0 Å². The van der Waals surface area contributed by atoms with E-state index in [1.807, 2.05) is 37.3 Å². The number of nitrogens with one attached hydrogen (secondary N) is 1. The highest BCUT2D eigenvalue weighted by Crippen LogP contribution is 2.24. The number of hydrogen-bond acceptors (Lipinski definition) is 3. The van der Waals surface area contributed by atoms with Crippen LogP contribution in [0.2, 0.25) is 0 Å². The monoisotopic (exact) mass is 300 g/mol. The third-order valence-corrected chi connectivity index (χ3v) is 3.44. The van der Waals surface area contributed by atoms with Gasteiger partial charge < -0.3 is 9.73 Å². The quantitative estimate of drug-likeness (QED) is 0.858. The predicted octanol–water partition coefficient (Wildman–Crippen LogP) is 3.64. The summed E-state index contributed by atoms with van der Waals surface area (Å²) < 4.78 is 5.85. The van der Waals surface area contributed by atoms with Crippen LogP contribution in [0, 0.1) is 6.92 Å². The van der Waals surface area contributed by atoms with Gasteiger partial charge in [-0.05, 0) is 25.5 Å². The smallest absolute Gasteiger partial charge is 0.251 e. The van der Waals surface area contributed by atoms with Gasteiger partial charge in [0.25, 0.3) is 5.91 Å². The van der Waals surface area contributed by atoms with Gasteiger partial charge in [0.15, 0.2) is 5.89 Å². The van der Waals surface area contributed by atoms with Crippen molar-refractivity contribution in [3.8, 4) is 0 Å². The molecule has 0 atom stereocenters. The van der Waals surface area contributed by atoms with E-state index < -0.39 is 0 Å². The van der Waals surface area contributed by atoms with Crippen molar-refractivity contribution in [2.75, 3.05) is 6.54 Å². The molecule has 0 saturated carbocycles. The molecule has 0 aliphatic rings. The third kappa shape index (κ3) is 4.20. The molecule has 1 aromatic carbocycles. The van der Waals surface area contributed by atoms with E-state index in [-0.39, 0.29) is 11.3 Å². The second kappa shape index (κ2) is 6.77. The molecule has 0 aliphatic heterocycles. The Hall–Kier alpha value is -2.10. The number of aromatic nitrogens is 1. The molecule has 1 amide bonds. The highest BCUT2D eigenvalue weighted by molar-refractivity contribution is 5.94. The Morgan fingerprint density at radius 2 is 1.91 bits per heavy atom. The second-order valence-corrected chi connectivity index (χ2v) is 6.50. The van der Waals surface area contributed by atoms with Crippen LogP contribution >= 0.6 is 0 Å². The molecule has 0 aliphatic carbocycles. The molecule has 0 radical (unpaired) electrons. The van der Waals surface area contributed by atoms with E-state index in [2.05, 4.69) is 31.1 Å². The molecule has 4 nitrogen and oxygen atoms in total. The van der Waals surface area contributed by atoms with E-state index in [4.69, 9.17) is 4.42 Å². The van der Waals surface area contributed by atoms with Crippen LogP contribution in [0.5, 0.6) is 0 Å². The normalized spacial score (nSPS) is 11.5. The summed E-state index contributed by atoms with van der Waals surface area (Å²) in [6.07, 6.45) is 1.61. The third-order valence-electron chi connectivity index (χ3n) is 3.44. The molecule has 1 heterocycles. The van der Waals surface area contributed by atoms with Gasteiger partial charge in [-0.15, -0.1) is 0 Å². The average molecular weight is 300 g/mol. The molecule has 0 fully saturated rings. The number of benzene rings is 1. The number of carbonyl (C=O) groups is 1. The van der Waals surface area contributed by atoms with Crippen LogP contribution in [-0.4, -0.2) is 17.4 Å². The fourth-order valence-electron chi connectivity index (χ4n) is 2.12. The van der Waals surface area contributed by atoms with Gasteiger partial charge >= 0.3 is 0 Å². The minimum Gasteiger partial charge on any atom is -0.445 e. The molecule has 0 unspecified atom stereocenters. The largest absolute Gasteiger partial charge is 0.445 e. The van der Waals surface area contributed by atoms with Gasteiger partial charge in [-0.2, -0.15) is 0 Å². The molecule has 0 spiro atoms. The number of amides is 1. The van der Waals surface area contributed by atoms with Crippen LogP contribution in [0.15, 0.2) is 34.7 Å². The molecule has 1 N–H and O–H groups in total. The summed E-state index contributed by atoms with van der Waals surface area (Å²) in [5.41, 5.74) is 1.55. The first-order chi connectivity index (χ1) is 10.4. The first-order valence-corrected chi connectivity index (χ1v) is 7.68. The first-order valence-electron chi connectivity index (χ1n) is 7.68. The Labute approximate surface area is 131 Å². The predicted molar refractivity (Wildman–Crippen MR) is 87.0 cm³/mol. The summed E-state index contributed by atoms with van der Waals surface area (Å²) in [7, 11) is 0. The van der Waals surface area contributed by atoms with Crippen LogP contribution in [-0.2, 0) is 11.8 Å². The van der Waals surface area contributed by atoms with Crippen LogP contribution in [0.25, 0.3) is 0 Å². The zero-order chi connectivity index (χ0) is 16.2. The zero-order valence-electron chi connectivity index (χ0n) is 13.8. The lowest BCUT2D eigenvalue weighted by atomic mass is 9.97. The van der Waals surface area contributed by atoms with Crippen LogP contribution < -0.4 is 5.32 Å². The molecular weight excluding hydrogens is 276 g/mol. The average Bonchev–Trinajstić information content (AvgIpc) is 2.86. The van der Waals surface area contributed by atoms with Crippen LogP contribution in [0.3, 0.4) is 0 Å². The molecule has 2 aromatic rings. The molecule has 0 saturated heterocycles. The lowest BCUT2D eigenvalue weighted by Gasteiger charge is -2.12. The summed E-state index contributed by atoms with van der Waals surface area (Å²) in [5, 5.41) is 2.92. The number of oxazole rings is 1.